The minimum absolute atomic E-state index is 0.0924. The molecule has 0 N–H and O–H groups in total. The molecule has 0 atom stereocenters. The molecule has 2 amide bonds. The van der Waals surface area contributed by atoms with E-state index >= 15 is 0 Å². The van der Waals surface area contributed by atoms with Crippen LogP contribution in [0, 0.1) is 6.92 Å². The summed E-state index contributed by atoms with van der Waals surface area (Å²) >= 11 is 0. The second-order valence-corrected chi connectivity index (χ2v) is 9.90. The van der Waals surface area contributed by atoms with Gasteiger partial charge in [-0.1, -0.05) is 43.5 Å². The number of rotatable bonds is 3. The van der Waals surface area contributed by atoms with Crippen molar-refractivity contribution in [3.05, 3.63) is 70.3 Å². The first-order chi connectivity index (χ1) is 16.1. The molecule has 0 aromatic heterocycles. The second-order valence-electron chi connectivity index (χ2n) is 9.90. The van der Waals surface area contributed by atoms with Gasteiger partial charge < -0.3 is 9.80 Å². The molecule has 2 heterocycles. The van der Waals surface area contributed by atoms with E-state index in [1.165, 1.54) is 37.7 Å². The Labute approximate surface area is 197 Å². The molecule has 2 fully saturated rings. The molecule has 2 aromatic carbocycles. The van der Waals surface area contributed by atoms with Crippen LogP contribution in [0.4, 0.5) is 0 Å². The molecule has 33 heavy (non-hydrogen) atoms. The van der Waals surface area contributed by atoms with E-state index in [-0.39, 0.29) is 11.8 Å². The smallest absolute Gasteiger partial charge is 0.254 e. The summed E-state index contributed by atoms with van der Waals surface area (Å²) < 4.78 is 0. The largest absolute Gasteiger partial charge is 0.336 e. The van der Waals surface area contributed by atoms with Crippen LogP contribution in [0.15, 0.2) is 42.5 Å². The lowest BCUT2D eigenvalue weighted by molar-refractivity contribution is 0.0522. The van der Waals surface area contributed by atoms with Crippen molar-refractivity contribution >= 4 is 11.8 Å². The highest BCUT2D eigenvalue weighted by atomic mass is 16.2. The topological polar surface area (TPSA) is 43.9 Å². The van der Waals surface area contributed by atoms with Crippen molar-refractivity contribution in [2.75, 3.05) is 32.7 Å². The first kappa shape index (κ1) is 22.1. The number of nitrogens with zero attached hydrogens (tertiary/aromatic N) is 3. The van der Waals surface area contributed by atoms with Crippen molar-refractivity contribution in [3.63, 3.8) is 0 Å². The number of benzene rings is 2. The zero-order valence-corrected chi connectivity index (χ0v) is 19.8. The highest BCUT2D eigenvalue weighted by molar-refractivity contribution is 5.96. The minimum atomic E-state index is 0.0924. The Morgan fingerprint density at radius 3 is 2.30 bits per heavy atom. The fourth-order valence-electron chi connectivity index (χ4n) is 5.76. The predicted octanol–water partition coefficient (Wildman–Crippen LogP) is 4.28. The minimum Gasteiger partial charge on any atom is -0.336 e. The summed E-state index contributed by atoms with van der Waals surface area (Å²) in [5, 5.41) is 0. The standard InChI is InChI=1S/C28H35N3O2/c1-21-7-5-6-10-26(21)28(33)31-14-13-22-19-23(11-12-24(22)20-31)27(32)30-17-15-29(16-18-30)25-8-3-2-4-9-25/h5-7,10-12,19,25H,2-4,8-9,13-18,20H2,1H3. The third-order valence-corrected chi connectivity index (χ3v) is 7.82. The van der Waals surface area contributed by atoms with E-state index in [9.17, 15) is 9.59 Å². The molecule has 2 aromatic rings. The van der Waals surface area contributed by atoms with Gasteiger partial charge in [0, 0.05) is 56.4 Å². The fourth-order valence-corrected chi connectivity index (χ4v) is 5.76. The fraction of sp³-hybridized carbons (Fsp3) is 0.500. The number of hydrogen-bond acceptors (Lipinski definition) is 3. The normalized spacial score (nSPS) is 19.9. The van der Waals surface area contributed by atoms with E-state index in [0.29, 0.717) is 13.1 Å². The molecule has 5 nitrogen and oxygen atoms in total. The van der Waals surface area contributed by atoms with Gasteiger partial charge in [0.15, 0.2) is 0 Å². The number of amides is 2. The molecule has 0 radical (unpaired) electrons. The average Bonchev–Trinajstić information content (AvgIpc) is 2.88. The van der Waals surface area contributed by atoms with Crippen molar-refractivity contribution < 1.29 is 9.59 Å². The number of aryl methyl sites for hydroxylation is 1. The van der Waals surface area contributed by atoms with Crippen LogP contribution in [0.25, 0.3) is 0 Å². The Balaban J connectivity index is 1.21. The van der Waals surface area contributed by atoms with Crippen molar-refractivity contribution in [2.45, 2.75) is 58.0 Å². The summed E-state index contributed by atoms with van der Waals surface area (Å²) in [6, 6.07) is 14.6. The number of hydrogen-bond donors (Lipinski definition) is 0. The van der Waals surface area contributed by atoms with Crippen molar-refractivity contribution in [1.82, 2.24) is 14.7 Å². The van der Waals surface area contributed by atoms with Gasteiger partial charge in [-0.15, -0.1) is 0 Å². The van der Waals surface area contributed by atoms with Crippen LogP contribution < -0.4 is 0 Å². The van der Waals surface area contributed by atoms with E-state index in [4.69, 9.17) is 0 Å². The van der Waals surface area contributed by atoms with Crippen molar-refractivity contribution in [1.29, 1.82) is 0 Å². The summed E-state index contributed by atoms with van der Waals surface area (Å²) in [6.45, 7) is 6.93. The Morgan fingerprint density at radius 1 is 0.788 bits per heavy atom. The molecule has 174 valence electrons. The van der Waals surface area contributed by atoms with E-state index in [2.05, 4.69) is 17.0 Å². The number of piperazine rings is 1. The molecule has 1 saturated heterocycles. The van der Waals surface area contributed by atoms with Gasteiger partial charge in [-0.3, -0.25) is 14.5 Å². The highest BCUT2D eigenvalue weighted by Gasteiger charge is 2.28. The van der Waals surface area contributed by atoms with Crippen LogP contribution in [0.2, 0.25) is 0 Å². The van der Waals surface area contributed by atoms with Crippen LogP contribution in [0.1, 0.15) is 69.5 Å². The Bertz CT molecular complexity index is 1020. The quantitative estimate of drug-likeness (QED) is 0.708. The van der Waals surface area contributed by atoms with Crippen molar-refractivity contribution in [3.8, 4) is 0 Å². The SMILES string of the molecule is Cc1ccccc1C(=O)N1CCc2cc(C(=O)N3CCN(C4CCCCC4)CC3)ccc2C1. The second kappa shape index (κ2) is 9.68. The molecule has 2 aliphatic heterocycles. The lowest BCUT2D eigenvalue weighted by Crippen LogP contribution is -2.52. The lowest BCUT2D eigenvalue weighted by atomic mass is 9.93. The number of fused-ring (bicyclic) bond motifs is 1. The van der Waals surface area contributed by atoms with Crippen LogP contribution >= 0.6 is 0 Å². The van der Waals surface area contributed by atoms with Crippen LogP contribution in [0.3, 0.4) is 0 Å². The molecule has 5 rings (SSSR count). The summed E-state index contributed by atoms with van der Waals surface area (Å²) in [4.78, 5) is 32.8. The van der Waals surface area contributed by atoms with Crippen LogP contribution in [-0.4, -0.2) is 65.3 Å². The van der Waals surface area contributed by atoms with E-state index in [0.717, 1.165) is 60.9 Å². The van der Waals surface area contributed by atoms with Gasteiger partial charge >= 0.3 is 0 Å². The van der Waals surface area contributed by atoms with Gasteiger partial charge in [-0.05, 0) is 61.1 Å². The molecular formula is C28H35N3O2. The molecule has 0 unspecified atom stereocenters. The zero-order valence-electron chi connectivity index (χ0n) is 19.8. The maximum Gasteiger partial charge on any atom is 0.254 e. The lowest BCUT2D eigenvalue weighted by Gasteiger charge is -2.40. The summed E-state index contributed by atoms with van der Waals surface area (Å²) in [7, 11) is 0. The van der Waals surface area contributed by atoms with Crippen LogP contribution in [-0.2, 0) is 13.0 Å². The van der Waals surface area contributed by atoms with Gasteiger partial charge in [0.25, 0.3) is 11.8 Å². The maximum atomic E-state index is 13.2. The maximum absolute atomic E-state index is 13.2. The van der Waals surface area contributed by atoms with Gasteiger partial charge in [0.05, 0.1) is 0 Å². The van der Waals surface area contributed by atoms with E-state index in [1.807, 2.05) is 47.1 Å². The van der Waals surface area contributed by atoms with Gasteiger partial charge in [0.2, 0.25) is 0 Å². The van der Waals surface area contributed by atoms with Crippen LogP contribution in [0.5, 0.6) is 0 Å². The van der Waals surface area contributed by atoms with E-state index in [1.54, 1.807) is 0 Å². The molecule has 1 aliphatic carbocycles. The number of carbonyl (C=O) groups excluding carboxylic acids is 2. The van der Waals surface area contributed by atoms with Crippen molar-refractivity contribution in [2.24, 2.45) is 0 Å². The first-order valence-corrected chi connectivity index (χ1v) is 12.6. The number of carbonyl (C=O) groups is 2. The molecule has 5 heteroatoms. The van der Waals surface area contributed by atoms with Gasteiger partial charge in [0.1, 0.15) is 0 Å². The van der Waals surface area contributed by atoms with E-state index < -0.39 is 0 Å². The molecule has 1 saturated carbocycles. The molecular weight excluding hydrogens is 410 g/mol. The summed E-state index contributed by atoms with van der Waals surface area (Å²) in [5.41, 5.74) is 4.94. The molecule has 0 bridgehead atoms. The van der Waals surface area contributed by atoms with Gasteiger partial charge in [-0.25, -0.2) is 0 Å². The average molecular weight is 446 g/mol. The third-order valence-electron chi connectivity index (χ3n) is 7.82. The Kier molecular flexibility index (Phi) is 6.50. The first-order valence-electron chi connectivity index (χ1n) is 12.6. The zero-order chi connectivity index (χ0) is 22.8. The third kappa shape index (κ3) is 4.70. The van der Waals surface area contributed by atoms with Gasteiger partial charge in [-0.2, -0.15) is 0 Å². The highest BCUT2D eigenvalue weighted by Crippen LogP contribution is 2.26. The molecule has 3 aliphatic rings. The predicted molar refractivity (Wildman–Crippen MR) is 130 cm³/mol. The summed E-state index contributed by atoms with van der Waals surface area (Å²) in [5.74, 6) is 0.245. The summed E-state index contributed by atoms with van der Waals surface area (Å²) in [6.07, 6.45) is 7.53. The molecule has 0 spiro atoms. The Hall–Kier alpha value is -2.66. The Morgan fingerprint density at radius 2 is 1.55 bits per heavy atom. The monoisotopic (exact) mass is 445 g/mol.